The third-order valence-corrected chi connectivity index (χ3v) is 4.97. The van der Waals surface area contributed by atoms with E-state index in [9.17, 15) is 0 Å². The minimum Gasteiger partial charge on any atom is -0.283 e. The van der Waals surface area contributed by atoms with E-state index in [-0.39, 0.29) is 0 Å². The number of alkyl halides is 1. The fourth-order valence-electron chi connectivity index (χ4n) is 3.57. The summed E-state index contributed by atoms with van der Waals surface area (Å²) in [5, 5.41) is 0. The Morgan fingerprint density at radius 3 is 1.80 bits per heavy atom. The van der Waals surface area contributed by atoms with Crippen molar-refractivity contribution >= 4 is 22.6 Å². The van der Waals surface area contributed by atoms with Gasteiger partial charge in [-0.05, 0) is 25.9 Å². The molecule has 1 heterocycles. The highest BCUT2D eigenvalue weighted by molar-refractivity contribution is 14.1. The minimum atomic E-state index is 0.716. The Morgan fingerprint density at radius 2 is 1.47 bits per heavy atom. The van der Waals surface area contributed by atoms with Crippen molar-refractivity contribution in [2.24, 2.45) is 0 Å². The van der Waals surface area contributed by atoms with Crippen LogP contribution < -0.4 is 0 Å². The first-order valence-corrected chi connectivity index (χ1v) is 7.93. The van der Waals surface area contributed by atoms with E-state index in [1.165, 1.54) is 43.2 Å². The lowest BCUT2D eigenvalue weighted by Gasteiger charge is -2.31. The monoisotopic (exact) mass is 322 g/mol. The Hall–Kier alpha value is 0.650. The Bertz CT molecular complexity index is 166. The first-order chi connectivity index (χ1) is 7.33. The Morgan fingerprint density at radius 1 is 1.00 bits per heavy atom. The standard InChI is InChI=1S/C12H23IN2/c1-3-14-10-7-5-6-8-11(10)15(4-2)12(14)9-13/h10-12H,3-9H2,1-2H3. The van der Waals surface area contributed by atoms with Gasteiger partial charge < -0.3 is 0 Å². The fourth-order valence-corrected chi connectivity index (χ4v) is 4.58. The van der Waals surface area contributed by atoms with Gasteiger partial charge in [0.2, 0.25) is 0 Å². The van der Waals surface area contributed by atoms with Crippen molar-refractivity contribution in [2.75, 3.05) is 17.5 Å². The van der Waals surface area contributed by atoms with Gasteiger partial charge in [-0.3, -0.25) is 9.80 Å². The van der Waals surface area contributed by atoms with Gasteiger partial charge in [0.1, 0.15) is 0 Å². The van der Waals surface area contributed by atoms with E-state index in [1.54, 1.807) is 0 Å². The van der Waals surface area contributed by atoms with Gasteiger partial charge in [-0.2, -0.15) is 0 Å². The van der Waals surface area contributed by atoms with E-state index in [0.717, 1.165) is 12.1 Å². The van der Waals surface area contributed by atoms with Crippen LogP contribution in [0.3, 0.4) is 0 Å². The van der Waals surface area contributed by atoms with Crippen LogP contribution in [-0.4, -0.2) is 45.6 Å². The number of hydrogen-bond donors (Lipinski definition) is 0. The Balaban J connectivity index is 2.17. The van der Waals surface area contributed by atoms with Crippen LogP contribution >= 0.6 is 22.6 Å². The summed E-state index contributed by atoms with van der Waals surface area (Å²) >= 11 is 2.56. The third-order valence-electron chi connectivity index (χ3n) is 4.18. The van der Waals surface area contributed by atoms with Crippen LogP contribution in [0.2, 0.25) is 0 Å². The number of likely N-dealkylation sites (N-methyl/N-ethyl adjacent to an activating group) is 2. The van der Waals surface area contributed by atoms with Gasteiger partial charge in [-0.25, -0.2) is 0 Å². The molecule has 1 saturated carbocycles. The molecule has 2 aliphatic rings. The minimum absolute atomic E-state index is 0.716. The first kappa shape index (κ1) is 12.1. The van der Waals surface area contributed by atoms with Crippen molar-refractivity contribution in [3.63, 3.8) is 0 Å². The van der Waals surface area contributed by atoms with E-state index < -0.39 is 0 Å². The van der Waals surface area contributed by atoms with Crippen molar-refractivity contribution in [3.8, 4) is 0 Å². The Labute approximate surface area is 108 Å². The average molecular weight is 322 g/mol. The SMILES string of the molecule is CCN1C2CCCCC2N(CC)C1CI. The Kier molecular flexibility index (Phi) is 4.30. The zero-order chi connectivity index (χ0) is 10.8. The molecule has 0 radical (unpaired) electrons. The second kappa shape index (κ2) is 5.32. The molecule has 2 atom stereocenters. The molecule has 0 amide bonds. The molecule has 0 aromatic carbocycles. The fraction of sp³-hybridized carbons (Fsp3) is 1.00. The number of hydrogen-bond acceptors (Lipinski definition) is 2. The van der Waals surface area contributed by atoms with E-state index in [1.807, 2.05) is 0 Å². The van der Waals surface area contributed by atoms with Gasteiger partial charge in [-0.1, -0.05) is 49.3 Å². The molecule has 1 aliphatic carbocycles. The molecular formula is C12H23IN2. The average Bonchev–Trinajstić information content (AvgIpc) is 2.61. The second-order valence-electron chi connectivity index (χ2n) is 4.71. The van der Waals surface area contributed by atoms with Crippen molar-refractivity contribution in [3.05, 3.63) is 0 Å². The molecule has 0 N–H and O–H groups in total. The van der Waals surface area contributed by atoms with E-state index in [2.05, 4.69) is 46.2 Å². The second-order valence-corrected chi connectivity index (χ2v) is 5.60. The summed E-state index contributed by atoms with van der Waals surface area (Å²) < 4.78 is 1.26. The van der Waals surface area contributed by atoms with Gasteiger partial charge in [0, 0.05) is 16.5 Å². The lowest BCUT2D eigenvalue weighted by Crippen LogP contribution is -2.41. The van der Waals surface area contributed by atoms with Crippen LogP contribution in [0.15, 0.2) is 0 Å². The molecule has 88 valence electrons. The highest BCUT2D eigenvalue weighted by Crippen LogP contribution is 2.36. The van der Waals surface area contributed by atoms with Crippen LogP contribution in [-0.2, 0) is 0 Å². The largest absolute Gasteiger partial charge is 0.283 e. The molecule has 0 bridgehead atoms. The van der Waals surface area contributed by atoms with Gasteiger partial charge in [-0.15, -0.1) is 0 Å². The van der Waals surface area contributed by atoms with Crippen molar-refractivity contribution in [1.29, 1.82) is 0 Å². The van der Waals surface area contributed by atoms with Crippen LogP contribution in [0.4, 0.5) is 0 Å². The number of halogens is 1. The summed E-state index contributed by atoms with van der Waals surface area (Å²) in [7, 11) is 0. The van der Waals surface area contributed by atoms with Crippen LogP contribution in [0.1, 0.15) is 39.5 Å². The van der Waals surface area contributed by atoms with Crippen LogP contribution in [0.25, 0.3) is 0 Å². The first-order valence-electron chi connectivity index (χ1n) is 6.40. The van der Waals surface area contributed by atoms with Crippen molar-refractivity contribution in [1.82, 2.24) is 9.80 Å². The van der Waals surface area contributed by atoms with Gasteiger partial charge in [0.15, 0.2) is 0 Å². The molecule has 0 aromatic rings. The maximum Gasteiger partial charge on any atom is 0.0720 e. The lowest BCUT2D eigenvalue weighted by atomic mass is 9.90. The summed E-state index contributed by atoms with van der Waals surface area (Å²) in [4.78, 5) is 5.50. The van der Waals surface area contributed by atoms with Gasteiger partial charge in [0.25, 0.3) is 0 Å². The molecule has 3 heteroatoms. The summed E-state index contributed by atoms with van der Waals surface area (Å²) in [6.45, 7) is 7.10. The predicted molar refractivity (Wildman–Crippen MR) is 73.5 cm³/mol. The molecule has 2 nitrogen and oxygen atoms in total. The number of rotatable bonds is 3. The van der Waals surface area contributed by atoms with Crippen LogP contribution in [0.5, 0.6) is 0 Å². The molecule has 15 heavy (non-hydrogen) atoms. The normalized spacial score (nSPS) is 38.2. The molecule has 1 saturated heterocycles. The van der Waals surface area contributed by atoms with E-state index in [0.29, 0.717) is 6.17 Å². The summed E-state index contributed by atoms with van der Waals surface area (Å²) in [6.07, 6.45) is 6.48. The van der Waals surface area contributed by atoms with Crippen molar-refractivity contribution < 1.29 is 0 Å². The van der Waals surface area contributed by atoms with E-state index in [4.69, 9.17) is 0 Å². The number of nitrogens with zero attached hydrogens (tertiary/aromatic N) is 2. The van der Waals surface area contributed by atoms with E-state index >= 15 is 0 Å². The molecular weight excluding hydrogens is 299 g/mol. The summed E-state index contributed by atoms with van der Waals surface area (Å²) in [6, 6.07) is 1.73. The number of fused-ring (bicyclic) bond motifs is 1. The smallest absolute Gasteiger partial charge is 0.0720 e. The van der Waals surface area contributed by atoms with Gasteiger partial charge in [0.05, 0.1) is 6.17 Å². The molecule has 2 fully saturated rings. The molecule has 1 aliphatic heterocycles. The topological polar surface area (TPSA) is 6.48 Å². The predicted octanol–water partition coefficient (Wildman–Crippen LogP) is 2.72. The molecule has 2 unspecified atom stereocenters. The highest BCUT2D eigenvalue weighted by Gasteiger charge is 2.45. The van der Waals surface area contributed by atoms with Gasteiger partial charge >= 0.3 is 0 Å². The summed E-state index contributed by atoms with van der Waals surface area (Å²) in [5.74, 6) is 0. The summed E-state index contributed by atoms with van der Waals surface area (Å²) in [5.41, 5.74) is 0. The zero-order valence-corrected chi connectivity index (χ0v) is 12.1. The molecule has 0 spiro atoms. The maximum absolute atomic E-state index is 2.75. The quantitative estimate of drug-likeness (QED) is 0.582. The van der Waals surface area contributed by atoms with Crippen molar-refractivity contribution in [2.45, 2.75) is 57.8 Å². The molecule has 2 rings (SSSR count). The van der Waals surface area contributed by atoms with Crippen LogP contribution in [0, 0.1) is 0 Å². The maximum atomic E-state index is 2.75. The third kappa shape index (κ3) is 2.07. The zero-order valence-electron chi connectivity index (χ0n) is 9.95. The highest BCUT2D eigenvalue weighted by atomic mass is 127. The lowest BCUT2D eigenvalue weighted by molar-refractivity contribution is 0.147. The molecule has 0 aromatic heterocycles.